The number of non-ortho nitro benzene ring substituents is 1. The van der Waals surface area contributed by atoms with Crippen LogP contribution in [0.3, 0.4) is 0 Å². The lowest BCUT2D eigenvalue weighted by Gasteiger charge is -2.09. The molecular formula is C11H10ClN3O3. The molecule has 1 amide bonds. The van der Waals surface area contributed by atoms with Gasteiger partial charge in [0.15, 0.2) is 0 Å². The van der Waals surface area contributed by atoms with Crippen molar-refractivity contribution >= 4 is 28.9 Å². The van der Waals surface area contributed by atoms with Crippen molar-refractivity contribution in [3.8, 4) is 6.07 Å². The number of hydrogen-bond acceptors (Lipinski definition) is 4. The molecule has 0 saturated carbocycles. The van der Waals surface area contributed by atoms with Gasteiger partial charge in [-0.1, -0.05) is 18.5 Å². The monoisotopic (exact) mass is 267 g/mol. The van der Waals surface area contributed by atoms with E-state index in [4.69, 9.17) is 16.9 Å². The summed E-state index contributed by atoms with van der Waals surface area (Å²) < 4.78 is 0. The Kier molecular flexibility index (Phi) is 4.63. The van der Waals surface area contributed by atoms with Crippen LogP contribution in [0.15, 0.2) is 18.2 Å². The van der Waals surface area contributed by atoms with Crippen molar-refractivity contribution in [2.24, 2.45) is 5.92 Å². The molecule has 1 aromatic carbocycles. The number of nitrogens with zero attached hydrogens (tertiary/aromatic N) is 2. The van der Waals surface area contributed by atoms with Gasteiger partial charge in [0.05, 0.1) is 21.7 Å². The number of nitro groups is 1. The normalized spacial score (nSPS) is 11.4. The Labute approximate surface area is 108 Å². The summed E-state index contributed by atoms with van der Waals surface area (Å²) in [5, 5.41) is 21.8. The van der Waals surface area contributed by atoms with Gasteiger partial charge >= 0.3 is 0 Å². The zero-order valence-corrected chi connectivity index (χ0v) is 10.3. The molecule has 0 bridgehead atoms. The van der Waals surface area contributed by atoms with Crippen LogP contribution in [0.25, 0.3) is 0 Å². The molecule has 7 heteroatoms. The number of benzene rings is 1. The molecule has 1 N–H and O–H groups in total. The maximum Gasteiger partial charge on any atom is 0.271 e. The van der Waals surface area contributed by atoms with Gasteiger partial charge in [0.1, 0.15) is 5.92 Å². The lowest BCUT2D eigenvalue weighted by Crippen LogP contribution is -2.21. The minimum Gasteiger partial charge on any atom is -0.324 e. The number of nitro benzene ring substituents is 1. The summed E-state index contributed by atoms with van der Waals surface area (Å²) in [5.74, 6) is -1.24. The molecule has 0 aromatic heterocycles. The molecule has 1 rings (SSSR count). The van der Waals surface area contributed by atoms with Gasteiger partial charge in [0.2, 0.25) is 5.91 Å². The molecule has 0 fully saturated rings. The second-order valence-corrected chi connectivity index (χ2v) is 3.91. The van der Waals surface area contributed by atoms with Crippen LogP contribution in [0.1, 0.15) is 13.3 Å². The van der Waals surface area contributed by atoms with Crippen LogP contribution in [-0.4, -0.2) is 10.8 Å². The summed E-state index contributed by atoms with van der Waals surface area (Å²) in [5.41, 5.74) is 0.0892. The summed E-state index contributed by atoms with van der Waals surface area (Å²) in [6.45, 7) is 1.71. The molecule has 18 heavy (non-hydrogen) atoms. The van der Waals surface area contributed by atoms with Crippen molar-refractivity contribution in [3.63, 3.8) is 0 Å². The first-order chi connectivity index (χ1) is 8.49. The number of hydrogen-bond donors (Lipinski definition) is 1. The minimum atomic E-state index is -0.767. The van der Waals surface area contributed by atoms with Crippen LogP contribution in [0.2, 0.25) is 5.02 Å². The average molecular weight is 268 g/mol. The van der Waals surface area contributed by atoms with Gasteiger partial charge in [-0.15, -0.1) is 0 Å². The molecule has 94 valence electrons. The molecule has 6 nitrogen and oxygen atoms in total. The number of rotatable bonds is 4. The lowest BCUT2D eigenvalue weighted by atomic mass is 10.1. The van der Waals surface area contributed by atoms with Gasteiger partial charge in [0.25, 0.3) is 5.69 Å². The van der Waals surface area contributed by atoms with Crippen molar-refractivity contribution in [2.45, 2.75) is 13.3 Å². The van der Waals surface area contributed by atoms with E-state index >= 15 is 0 Å². The fourth-order valence-corrected chi connectivity index (χ4v) is 1.50. The lowest BCUT2D eigenvalue weighted by molar-refractivity contribution is -0.384. The first-order valence-electron chi connectivity index (χ1n) is 5.14. The van der Waals surface area contributed by atoms with Crippen LogP contribution in [0.4, 0.5) is 11.4 Å². The summed E-state index contributed by atoms with van der Waals surface area (Å²) in [4.78, 5) is 21.5. The van der Waals surface area contributed by atoms with Gasteiger partial charge in [-0.3, -0.25) is 14.9 Å². The third kappa shape index (κ3) is 3.18. The van der Waals surface area contributed by atoms with E-state index in [1.54, 1.807) is 6.92 Å². The highest BCUT2D eigenvalue weighted by Gasteiger charge is 2.17. The first kappa shape index (κ1) is 13.9. The van der Waals surface area contributed by atoms with Crippen LogP contribution in [-0.2, 0) is 4.79 Å². The van der Waals surface area contributed by atoms with Gasteiger partial charge in [0, 0.05) is 12.1 Å². The maximum atomic E-state index is 11.6. The molecule has 0 aliphatic carbocycles. The Balaban J connectivity index is 2.90. The SMILES string of the molecule is CCC(C#N)C(=O)Nc1ccc([N+](=O)[O-])cc1Cl. The summed E-state index contributed by atoms with van der Waals surface area (Å²) in [7, 11) is 0. The van der Waals surface area contributed by atoms with Crippen LogP contribution in [0, 0.1) is 27.4 Å². The average Bonchev–Trinajstić information content (AvgIpc) is 2.33. The number of halogens is 1. The smallest absolute Gasteiger partial charge is 0.271 e. The van der Waals surface area contributed by atoms with Crippen molar-refractivity contribution < 1.29 is 9.72 Å². The Morgan fingerprint density at radius 3 is 2.78 bits per heavy atom. The van der Waals surface area contributed by atoms with Crippen LogP contribution >= 0.6 is 11.6 Å². The number of nitrogens with one attached hydrogen (secondary N) is 1. The highest BCUT2D eigenvalue weighted by molar-refractivity contribution is 6.34. The van der Waals surface area contributed by atoms with Gasteiger partial charge in [-0.2, -0.15) is 5.26 Å². The van der Waals surface area contributed by atoms with E-state index in [1.165, 1.54) is 12.1 Å². The van der Waals surface area contributed by atoms with Gasteiger partial charge in [-0.05, 0) is 12.5 Å². The Hall–Kier alpha value is -2.13. The third-order valence-electron chi connectivity index (χ3n) is 2.30. The van der Waals surface area contributed by atoms with Crippen molar-refractivity contribution in [1.29, 1.82) is 5.26 Å². The molecule has 0 spiro atoms. The number of nitriles is 1. The fourth-order valence-electron chi connectivity index (χ4n) is 1.27. The minimum absolute atomic E-state index is 0.0605. The van der Waals surface area contributed by atoms with Crippen molar-refractivity contribution in [2.75, 3.05) is 5.32 Å². The zero-order valence-electron chi connectivity index (χ0n) is 9.51. The molecule has 1 atom stereocenters. The fraction of sp³-hybridized carbons (Fsp3) is 0.273. The van der Waals surface area contributed by atoms with Crippen molar-refractivity contribution in [3.05, 3.63) is 33.3 Å². The van der Waals surface area contributed by atoms with E-state index in [0.29, 0.717) is 6.42 Å². The third-order valence-corrected chi connectivity index (χ3v) is 2.61. The summed E-state index contributed by atoms with van der Waals surface area (Å²) in [6, 6.07) is 5.57. The predicted octanol–water partition coefficient (Wildman–Crippen LogP) is 2.74. The van der Waals surface area contributed by atoms with E-state index in [1.807, 2.05) is 6.07 Å². The quantitative estimate of drug-likeness (QED) is 0.670. The predicted molar refractivity (Wildman–Crippen MR) is 66.1 cm³/mol. The zero-order chi connectivity index (χ0) is 13.7. The van der Waals surface area contributed by atoms with E-state index in [0.717, 1.165) is 6.07 Å². The molecule has 1 aromatic rings. The largest absolute Gasteiger partial charge is 0.324 e. The van der Waals surface area contributed by atoms with Gasteiger partial charge in [-0.25, -0.2) is 0 Å². The number of carbonyl (C=O) groups excluding carboxylic acids is 1. The van der Waals surface area contributed by atoms with Crippen LogP contribution in [0.5, 0.6) is 0 Å². The number of anilines is 1. The van der Waals surface area contributed by atoms with E-state index in [9.17, 15) is 14.9 Å². The second-order valence-electron chi connectivity index (χ2n) is 3.50. The Morgan fingerprint density at radius 1 is 1.67 bits per heavy atom. The maximum absolute atomic E-state index is 11.6. The first-order valence-corrected chi connectivity index (χ1v) is 5.51. The van der Waals surface area contributed by atoms with Crippen LogP contribution < -0.4 is 5.32 Å². The second kappa shape index (κ2) is 5.98. The Morgan fingerprint density at radius 2 is 2.33 bits per heavy atom. The molecule has 0 heterocycles. The summed E-state index contributed by atoms with van der Waals surface area (Å²) >= 11 is 5.81. The topological polar surface area (TPSA) is 96.0 Å². The standard InChI is InChI=1S/C11H10ClN3O3/c1-2-7(6-13)11(16)14-10-4-3-8(15(17)18)5-9(10)12/h3-5,7H,2H2,1H3,(H,14,16). The highest BCUT2D eigenvalue weighted by Crippen LogP contribution is 2.27. The highest BCUT2D eigenvalue weighted by atomic mass is 35.5. The van der Waals surface area contributed by atoms with E-state index in [2.05, 4.69) is 5.32 Å². The molecule has 0 aliphatic rings. The summed E-state index contributed by atoms with van der Waals surface area (Å²) in [6.07, 6.45) is 0.382. The van der Waals surface area contributed by atoms with E-state index in [-0.39, 0.29) is 16.4 Å². The Bertz CT molecular complexity index is 525. The van der Waals surface area contributed by atoms with Gasteiger partial charge < -0.3 is 5.32 Å². The number of amides is 1. The molecule has 0 radical (unpaired) electrons. The molecular weight excluding hydrogens is 258 g/mol. The number of carbonyl (C=O) groups is 1. The van der Waals surface area contributed by atoms with E-state index < -0.39 is 16.7 Å². The molecule has 0 aliphatic heterocycles. The van der Waals surface area contributed by atoms with Crippen molar-refractivity contribution in [1.82, 2.24) is 0 Å². The molecule has 1 unspecified atom stereocenters. The molecule has 0 saturated heterocycles.